The Kier molecular flexibility index (Phi) is 8.87. The van der Waals surface area contributed by atoms with Gasteiger partial charge in [0.1, 0.15) is 21.2 Å². The molecule has 2 unspecified atom stereocenters. The number of nitrogens with zero attached hydrogens (tertiary/aromatic N) is 3. The Morgan fingerprint density at radius 1 is 1.22 bits per heavy atom. The summed E-state index contributed by atoms with van der Waals surface area (Å²) in [6, 6.07) is 4.42. The standard InChI is InChI=1S/C28H40N5O6PS/c1-7-39-40(36)22-15-19(11-9-8-10-14-41(6,37)38)12-13-21(22)31-26(32-40)23-24(34)25(28(3,4)5)33(27(23)35)18(2)20-16-29-30-17-20/h12-13,15-18,25,34H,7-11,14H2,1-6H3,(H,29,30)(H,31,32,36)/t18?,25-,40?/m1/s1. The molecule has 224 valence electrons. The minimum absolute atomic E-state index is 0.0152. The van der Waals surface area contributed by atoms with Crippen LogP contribution >= 0.6 is 7.52 Å². The van der Waals surface area contributed by atoms with Crippen molar-refractivity contribution in [1.82, 2.24) is 15.1 Å². The van der Waals surface area contributed by atoms with Crippen molar-refractivity contribution < 1.29 is 27.4 Å². The van der Waals surface area contributed by atoms with Crippen LogP contribution in [0.2, 0.25) is 0 Å². The minimum atomic E-state index is -3.80. The average molecular weight is 606 g/mol. The summed E-state index contributed by atoms with van der Waals surface area (Å²) in [6.07, 6.45) is 7.40. The summed E-state index contributed by atoms with van der Waals surface area (Å²) < 4.78 is 47.2. The number of aromatic nitrogens is 2. The Balaban J connectivity index is 1.66. The third-order valence-corrected chi connectivity index (χ3v) is 10.4. The maximum Gasteiger partial charge on any atom is 0.348 e. The predicted molar refractivity (Wildman–Crippen MR) is 160 cm³/mol. The van der Waals surface area contributed by atoms with Crippen molar-refractivity contribution in [2.24, 2.45) is 10.2 Å². The van der Waals surface area contributed by atoms with Crippen LogP contribution in [0.4, 0.5) is 5.69 Å². The maximum atomic E-state index is 14.2. The summed E-state index contributed by atoms with van der Waals surface area (Å²) in [5.74, 6) is -0.393. The van der Waals surface area contributed by atoms with Gasteiger partial charge in [-0.3, -0.25) is 14.5 Å². The number of unbranched alkanes of at least 4 members (excludes halogenated alkanes) is 2. The highest BCUT2D eigenvalue weighted by Gasteiger charge is 2.50. The largest absolute Gasteiger partial charge is 0.509 e. The summed E-state index contributed by atoms with van der Waals surface area (Å²) in [4.78, 5) is 15.6. The Bertz CT molecular complexity index is 1510. The van der Waals surface area contributed by atoms with Crippen molar-refractivity contribution >= 4 is 40.1 Å². The molecule has 3 atom stereocenters. The molecule has 4 rings (SSSR count). The number of aromatic amines is 1. The monoisotopic (exact) mass is 605 g/mol. The Labute approximate surface area is 241 Å². The fourth-order valence-corrected chi connectivity index (χ4v) is 7.95. The maximum absolute atomic E-state index is 14.2. The molecule has 3 heterocycles. The first-order valence-corrected chi connectivity index (χ1v) is 17.5. The van der Waals surface area contributed by atoms with Crippen LogP contribution in [-0.2, 0) is 30.1 Å². The normalized spacial score (nSPS) is 22.0. The first kappa shape index (κ1) is 31.0. The lowest BCUT2D eigenvalue weighted by molar-refractivity contribution is -0.131. The molecule has 41 heavy (non-hydrogen) atoms. The number of nitrogens with one attached hydrogen (secondary N) is 2. The fourth-order valence-electron chi connectivity index (χ4n) is 5.39. The van der Waals surface area contributed by atoms with E-state index in [0.717, 1.165) is 24.0 Å². The molecule has 3 N–H and O–H groups in total. The van der Waals surface area contributed by atoms with Gasteiger partial charge in [-0.1, -0.05) is 33.3 Å². The number of hydrogen-bond acceptors (Lipinski definition) is 8. The molecule has 0 saturated heterocycles. The van der Waals surface area contributed by atoms with E-state index >= 15 is 0 Å². The smallest absolute Gasteiger partial charge is 0.348 e. The molecule has 13 heteroatoms. The van der Waals surface area contributed by atoms with E-state index in [-0.39, 0.29) is 29.5 Å². The van der Waals surface area contributed by atoms with E-state index < -0.39 is 40.8 Å². The van der Waals surface area contributed by atoms with Crippen LogP contribution in [0.15, 0.2) is 46.7 Å². The number of sulfone groups is 1. The highest BCUT2D eigenvalue weighted by atomic mass is 32.2. The lowest BCUT2D eigenvalue weighted by atomic mass is 9.84. The molecule has 1 aromatic heterocycles. The van der Waals surface area contributed by atoms with Gasteiger partial charge in [-0.15, -0.1) is 0 Å². The van der Waals surface area contributed by atoms with Gasteiger partial charge in [0, 0.05) is 23.8 Å². The third kappa shape index (κ3) is 6.60. The quantitative estimate of drug-likeness (QED) is 0.247. The Morgan fingerprint density at radius 2 is 1.95 bits per heavy atom. The van der Waals surface area contributed by atoms with Crippen LogP contribution < -0.4 is 10.6 Å². The zero-order valence-electron chi connectivity index (χ0n) is 24.5. The van der Waals surface area contributed by atoms with Crippen molar-refractivity contribution in [3.8, 4) is 0 Å². The van der Waals surface area contributed by atoms with Gasteiger partial charge in [0.05, 0.1) is 35.9 Å². The van der Waals surface area contributed by atoms with E-state index in [1.54, 1.807) is 36.4 Å². The number of carbonyl (C=O) groups excluding carboxylic acids is 1. The van der Waals surface area contributed by atoms with Crippen molar-refractivity contribution in [1.29, 1.82) is 0 Å². The molecule has 1 aromatic carbocycles. The summed E-state index contributed by atoms with van der Waals surface area (Å²) in [7, 11) is -6.78. The lowest BCUT2D eigenvalue weighted by Crippen LogP contribution is -2.45. The van der Waals surface area contributed by atoms with E-state index in [4.69, 9.17) is 4.52 Å². The van der Waals surface area contributed by atoms with E-state index in [9.17, 15) is 22.9 Å². The van der Waals surface area contributed by atoms with Gasteiger partial charge in [0.2, 0.25) is 0 Å². The van der Waals surface area contributed by atoms with Crippen LogP contribution in [0.1, 0.15) is 71.0 Å². The second-order valence-corrected chi connectivity index (χ2v) is 16.0. The number of rotatable bonds is 11. The molecule has 2 aromatic rings. The summed E-state index contributed by atoms with van der Waals surface area (Å²) in [5.41, 5.74) is 1.66. The molecule has 0 fully saturated rings. The van der Waals surface area contributed by atoms with Crippen LogP contribution in [-0.4, -0.2) is 65.0 Å². The van der Waals surface area contributed by atoms with Crippen molar-refractivity contribution in [2.45, 2.75) is 72.4 Å². The number of hydrogen-bond donors (Lipinski definition) is 3. The number of aryl methyl sites for hydroxylation is 1. The van der Waals surface area contributed by atoms with Gasteiger partial charge in [-0.05, 0) is 56.2 Å². The molecule has 2 aliphatic rings. The molecular weight excluding hydrogens is 565 g/mol. The van der Waals surface area contributed by atoms with E-state index in [1.807, 2.05) is 33.8 Å². The number of aliphatic hydroxyl groups is 1. The number of benzene rings is 1. The van der Waals surface area contributed by atoms with Gasteiger partial charge in [0.15, 0.2) is 5.84 Å². The highest BCUT2D eigenvalue weighted by molar-refractivity contribution is 7.90. The molecular formula is C28H40N5O6PS. The summed E-state index contributed by atoms with van der Waals surface area (Å²) in [5, 5.41) is 21.8. The van der Waals surface area contributed by atoms with E-state index in [2.05, 4.69) is 20.3 Å². The zero-order valence-corrected chi connectivity index (χ0v) is 26.2. The average Bonchev–Trinajstić information content (AvgIpc) is 3.49. The Morgan fingerprint density at radius 3 is 2.56 bits per heavy atom. The van der Waals surface area contributed by atoms with Crippen molar-refractivity contribution in [3.05, 3.63) is 53.1 Å². The predicted octanol–water partition coefficient (Wildman–Crippen LogP) is 4.68. The van der Waals surface area contributed by atoms with Gasteiger partial charge < -0.3 is 19.8 Å². The van der Waals surface area contributed by atoms with Crippen molar-refractivity contribution in [2.75, 3.05) is 23.9 Å². The number of fused-ring (bicyclic) bond motifs is 1. The molecule has 11 nitrogen and oxygen atoms in total. The van der Waals surface area contributed by atoms with Gasteiger partial charge in [0.25, 0.3) is 5.91 Å². The van der Waals surface area contributed by atoms with E-state index in [0.29, 0.717) is 23.8 Å². The number of amidine groups is 1. The summed E-state index contributed by atoms with van der Waals surface area (Å²) in [6.45, 7) is 9.56. The Hall–Kier alpha value is -2.95. The highest BCUT2D eigenvalue weighted by Crippen LogP contribution is 2.53. The van der Waals surface area contributed by atoms with Crippen LogP contribution in [0.5, 0.6) is 0 Å². The second kappa shape index (κ2) is 11.7. The number of amides is 1. The first-order valence-electron chi connectivity index (χ1n) is 13.8. The number of anilines is 1. The molecule has 1 amide bonds. The second-order valence-electron chi connectivity index (χ2n) is 11.8. The van der Waals surface area contributed by atoms with Crippen LogP contribution in [0.25, 0.3) is 0 Å². The SMILES string of the molecule is CCOP1(=O)N=C(C2=C(O)[C@H](C(C)(C)C)N(C(C)c3cn[nH]c3)C2=O)Nc2ccc(CCCCCS(C)(=O)=O)cc21. The summed E-state index contributed by atoms with van der Waals surface area (Å²) >= 11 is 0. The number of aliphatic hydroxyl groups excluding tert-OH is 1. The minimum Gasteiger partial charge on any atom is -0.509 e. The van der Waals surface area contributed by atoms with Crippen LogP contribution in [0.3, 0.4) is 0 Å². The molecule has 0 spiro atoms. The molecule has 0 aliphatic carbocycles. The van der Waals surface area contributed by atoms with Gasteiger partial charge >= 0.3 is 7.52 Å². The van der Waals surface area contributed by atoms with Crippen LogP contribution in [0, 0.1) is 5.41 Å². The molecule has 0 saturated carbocycles. The third-order valence-electron chi connectivity index (χ3n) is 7.35. The van der Waals surface area contributed by atoms with Gasteiger partial charge in [-0.2, -0.15) is 9.86 Å². The fraction of sp³-hybridized carbons (Fsp3) is 0.536. The van der Waals surface area contributed by atoms with E-state index in [1.165, 1.54) is 6.26 Å². The lowest BCUT2D eigenvalue weighted by Gasteiger charge is -2.38. The van der Waals surface area contributed by atoms with Gasteiger partial charge in [-0.25, -0.2) is 8.42 Å². The van der Waals surface area contributed by atoms with Crippen molar-refractivity contribution in [3.63, 3.8) is 0 Å². The zero-order chi connectivity index (χ0) is 30.2. The first-order chi connectivity index (χ1) is 19.2. The topological polar surface area (TPSA) is 154 Å². The number of carbonyl (C=O) groups is 1. The number of H-pyrrole nitrogens is 1. The molecule has 2 aliphatic heterocycles. The molecule has 0 bridgehead atoms. The molecule has 0 radical (unpaired) electrons.